The number of hydrogen-bond donors (Lipinski definition) is 2. The Morgan fingerprint density at radius 3 is 2.32 bits per heavy atom. The minimum Gasteiger partial charge on any atom is -0.324 e. The van der Waals surface area contributed by atoms with Crippen molar-refractivity contribution in [3.05, 3.63) is 29.3 Å². The van der Waals surface area contributed by atoms with E-state index >= 15 is 0 Å². The Labute approximate surface area is 116 Å². The zero-order chi connectivity index (χ0) is 14.6. The molecule has 0 unspecified atom stereocenters. The fraction of sp³-hybridized carbons (Fsp3) is 0.533. The van der Waals surface area contributed by atoms with Crippen molar-refractivity contribution in [2.24, 2.45) is 5.73 Å². The quantitative estimate of drug-likeness (QED) is 0.853. The number of para-hydroxylation sites is 1. The number of anilines is 1. The molecule has 4 heteroatoms. The predicted molar refractivity (Wildman–Crippen MR) is 80.3 cm³/mol. The van der Waals surface area contributed by atoms with Crippen molar-refractivity contribution in [1.82, 2.24) is 4.90 Å². The number of carbonyl (C=O) groups excluding carboxylic acids is 1. The standard InChI is InChI=1S/C15H25N3O/c1-11-7-6-8-12(2)14(11)17-13(19)9-18(5)10-15(3,4)16/h6-8H,9-10,16H2,1-5H3,(H,17,19). The summed E-state index contributed by atoms with van der Waals surface area (Å²) < 4.78 is 0. The minimum atomic E-state index is -0.298. The van der Waals surface area contributed by atoms with E-state index in [1.165, 1.54) is 0 Å². The number of nitrogens with two attached hydrogens (primary N) is 1. The smallest absolute Gasteiger partial charge is 0.238 e. The lowest BCUT2D eigenvalue weighted by molar-refractivity contribution is -0.117. The van der Waals surface area contributed by atoms with Crippen LogP contribution in [0.15, 0.2) is 18.2 Å². The van der Waals surface area contributed by atoms with E-state index < -0.39 is 0 Å². The maximum atomic E-state index is 12.0. The molecular formula is C15H25N3O. The predicted octanol–water partition coefficient (Wildman–Crippen LogP) is 1.91. The van der Waals surface area contributed by atoms with Crippen LogP contribution in [0.25, 0.3) is 0 Å². The number of likely N-dealkylation sites (N-methyl/N-ethyl adjacent to an activating group) is 1. The van der Waals surface area contributed by atoms with E-state index in [4.69, 9.17) is 5.73 Å². The zero-order valence-electron chi connectivity index (χ0n) is 12.6. The van der Waals surface area contributed by atoms with Gasteiger partial charge in [-0.05, 0) is 45.9 Å². The molecule has 0 saturated carbocycles. The van der Waals surface area contributed by atoms with Gasteiger partial charge in [0.2, 0.25) is 5.91 Å². The van der Waals surface area contributed by atoms with Crippen molar-refractivity contribution in [3.63, 3.8) is 0 Å². The first-order valence-electron chi connectivity index (χ1n) is 6.52. The summed E-state index contributed by atoms with van der Waals surface area (Å²) in [7, 11) is 1.90. The van der Waals surface area contributed by atoms with Crippen molar-refractivity contribution in [3.8, 4) is 0 Å². The highest BCUT2D eigenvalue weighted by Gasteiger charge is 2.16. The molecule has 0 saturated heterocycles. The molecule has 0 heterocycles. The molecule has 0 atom stereocenters. The molecule has 1 aromatic rings. The maximum absolute atomic E-state index is 12.0. The zero-order valence-corrected chi connectivity index (χ0v) is 12.6. The molecule has 3 N–H and O–H groups in total. The highest BCUT2D eigenvalue weighted by Crippen LogP contribution is 2.19. The van der Waals surface area contributed by atoms with Gasteiger partial charge < -0.3 is 11.1 Å². The number of benzene rings is 1. The third kappa shape index (κ3) is 5.41. The molecule has 0 aliphatic heterocycles. The van der Waals surface area contributed by atoms with Gasteiger partial charge in [0.05, 0.1) is 6.54 Å². The van der Waals surface area contributed by atoms with Crippen molar-refractivity contribution >= 4 is 11.6 Å². The molecule has 19 heavy (non-hydrogen) atoms. The van der Waals surface area contributed by atoms with Crippen LogP contribution in [0.3, 0.4) is 0 Å². The van der Waals surface area contributed by atoms with E-state index in [2.05, 4.69) is 5.32 Å². The average molecular weight is 263 g/mol. The first kappa shape index (κ1) is 15.7. The van der Waals surface area contributed by atoms with Crippen LogP contribution in [-0.4, -0.2) is 36.5 Å². The van der Waals surface area contributed by atoms with Gasteiger partial charge in [-0.3, -0.25) is 9.69 Å². The number of amides is 1. The van der Waals surface area contributed by atoms with Gasteiger partial charge >= 0.3 is 0 Å². The van der Waals surface area contributed by atoms with E-state index in [1.54, 1.807) is 0 Å². The van der Waals surface area contributed by atoms with Crippen LogP contribution in [-0.2, 0) is 4.79 Å². The van der Waals surface area contributed by atoms with Crippen LogP contribution in [0, 0.1) is 13.8 Å². The third-order valence-electron chi connectivity index (χ3n) is 2.84. The molecule has 1 rings (SSSR count). The van der Waals surface area contributed by atoms with Crippen LogP contribution in [0.2, 0.25) is 0 Å². The highest BCUT2D eigenvalue weighted by molar-refractivity contribution is 5.93. The summed E-state index contributed by atoms with van der Waals surface area (Å²) in [6.45, 7) is 8.91. The second kappa shape index (κ2) is 6.17. The fourth-order valence-electron chi connectivity index (χ4n) is 2.19. The highest BCUT2D eigenvalue weighted by atomic mass is 16.2. The Morgan fingerprint density at radius 1 is 1.32 bits per heavy atom. The van der Waals surface area contributed by atoms with Crippen molar-refractivity contribution in [2.75, 3.05) is 25.5 Å². The number of rotatable bonds is 5. The van der Waals surface area contributed by atoms with E-state index in [9.17, 15) is 4.79 Å². The largest absolute Gasteiger partial charge is 0.324 e. The van der Waals surface area contributed by atoms with E-state index in [1.807, 2.05) is 57.8 Å². The van der Waals surface area contributed by atoms with Crippen LogP contribution in [0.1, 0.15) is 25.0 Å². The summed E-state index contributed by atoms with van der Waals surface area (Å²) >= 11 is 0. The molecule has 0 fully saturated rings. The molecular weight excluding hydrogens is 238 g/mol. The molecule has 106 valence electrons. The second-order valence-corrected chi connectivity index (χ2v) is 5.98. The lowest BCUT2D eigenvalue weighted by Gasteiger charge is -2.26. The van der Waals surface area contributed by atoms with Gasteiger partial charge in [-0.15, -0.1) is 0 Å². The van der Waals surface area contributed by atoms with Crippen LogP contribution < -0.4 is 11.1 Å². The molecule has 1 amide bonds. The van der Waals surface area contributed by atoms with Crippen LogP contribution in [0.5, 0.6) is 0 Å². The molecule has 0 aliphatic carbocycles. The van der Waals surface area contributed by atoms with Gasteiger partial charge in [0.25, 0.3) is 0 Å². The SMILES string of the molecule is Cc1cccc(C)c1NC(=O)CN(C)CC(C)(C)N. The van der Waals surface area contributed by atoms with Gasteiger partial charge in [-0.1, -0.05) is 18.2 Å². The van der Waals surface area contributed by atoms with Gasteiger partial charge in [0.1, 0.15) is 0 Å². The Balaban J connectivity index is 2.61. The minimum absolute atomic E-state index is 0.0100. The van der Waals surface area contributed by atoms with Gasteiger partial charge in [-0.2, -0.15) is 0 Å². The molecule has 0 bridgehead atoms. The summed E-state index contributed by atoms with van der Waals surface area (Å²) in [6.07, 6.45) is 0. The summed E-state index contributed by atoms with van der Waals surface area (Å²) in [5.74, 6) is -0.0100. The number of nitrogens with one attached hydrogen (secondary N) is 1. The molecule has 1 aromatic carbocycles. The number of aryl methyl sites for hydroxylation is 2. The molecule has 0 aliphatic rings. The Hall–Kier alpha value is -1.39. The summed E-state index contributed by atoms with van der Waals surface area (Å²) in [4.78, 5) is 14.0. The number of nitrogens with zero attached hydrogens (tertiary/aromatic N) is 1. The third-order valence-corrected chi connectivity index (χ3v) is 2.84. The Morgan fingerprint density at radius 2 is 1.84 bits per heavy atom. The lowest BCUT2D eigenvalue weighted by atomic mass is 10.1. The first-order valence-corrected chi connectivity index (χ1v) is 6.52. The topological polar surface area (TPSA) is 58.4 Å². The average Bonchev–Trinajstić information content (AvgIpc) is 2.20. The molecule has 0 radical (unpaired) electrons. The molecule has 0 spiro atoms. The second-order valence-electron chi connectivity index (χ2n) is 5.98. The van der Waals surface area contributed by atoms with Crippen molar-refractivity contribution in [2.45, 2.75) is 33.2 Å². The summed E-state index contributed by atoms with van der Waals surface area (Å²) in [5.41, 5.74) is 8.71. The van der Waals surface area contributed by atoms with Crippen LogP contribution >= 0.6 is 0 Å². The van der Waals surface area contributed by atoms with Gasteiger partial charge in [0, 0.05) is 17.8 Å². The molecule has 0 aromatic heterocycles. The van der Waals surface area contributed by atoms with Gasteiger partial charge in [-0.25, -0.2) is 0 Å². The van der Waals surface area contributed by atoms with E-state index in [0.717, 1.165) is 16.8 Å². The van der Waals surface area contributed by atoms with Crippen LogP contribution in [0.4, 0.5) is 5.69 Å². The lowest BCUT2D eigenvalue weighted by Crippen LogP contribution is -2.46. The van der Waals surface area contributed by atoms with E-state index in [-0.39, 0.29) is 11.4 Å². The van der Waals surface area contributed by atoms with Gasteiger partial charge in [0.15, 0.2) is 0 Å². The monoisotopic (exact) mass is 263 g/mol. The summed E-state index contributed by atoms with van der Waals surface area (Å²) in [5, 5.41) is 2.97. The number of carbonyl (C=O) groups is 1. The molecule has 4 nitrogen and oxygen atoms in total. The van der Waals surface area contributed by atoms with Crippen molar-refractivity contribution < 1.29 is 4.79 Å². The maximum Gasteiger partial charge on any atom is 0.238 e. The normalized spacial score (nSPS) is 11.7. The first-order chi connectivity index (χ1) is 8.69. The summed E-state index contributed by atoms with van der Waals surface area (Å²) in [6, 6.07) is 5.98. The number of hydrogen-bond acceptors (Lipinski definition) is 3. The fourth-order valence-corrected chi connectivity index (χ4v) is 2.19. The van der Waals surface area contributed by atoms with E-state index in [0.29, 0.717) is 13.1 Å². The Bertz CT molecular complexity index is 429. The Kier molecular flexibility index (Phi) is 5.09. The van der Waals surface area contributed by atoms with Crippen molar-refractivity contribution in [1.29, 1.82) is 0 Å².